The molecule has 1 aromatic carbocycles. The van der Waals surface area contributed by atoms with E-state index in [0.29, 0.717) is 11.3 Å². The second-order valence-corrected chi connectivity index (χ2v) is 4.90. The minimum Gasteiger partial charge on any atom is -0.495 e. The van der Waals surface area contributed by atoms with Crippen LogP contribution in [0.2, 0.25) is 0 Å². The highest BCUT2D eigenvalue weighted by molar-refractivity contribution is 5.45. The molecule has 0 N–H and O–H groups in total. The standard InChI is InChI=1S/C14H15F3N2O/c1-20-13-6-10(2-3-11(13)7-18)8-19(12-4-5-12)9-14(15,16)17/h2-3,6,12H,4-5,8-9H2,1H3. The lowest BCUT2D eigenvalue weighted by Crippen LogP contribution is -2.35. The lowest BCUT2D eigenvalue weighted by molar-refractivity contribution is -0.148. The summed E-state index contributed by atoms with van der Waals surface area (Å²) in [6.45, 7) is -0.688. The zero-order chi connectivity index (χ0) is 14.8. The molecule has 0 saturated heterocycles. The van der Waals surface area contributed by atoms with Crippen LogP contribution in [0.4, 0.5) is 13.2 Å². The fourth-order valence-electron chi connectivity index (χ4n) is 2.14. The van der Waals surface area contributed by atoms with E-state index in [1.165, 1.54) is 12.0 Å². The highest BCUT2D eigenvalue weighted by Gasteiger charge is 2.37. The summed E-state index contributed by atoms with van der Waals surface area (Å²) >= 11 is 0. The molecule has 1 aromatic rings. The molecule has 108 valence electrons. The molecule has 0 spiro atoms. The first-order valence-corrected chi connectivity index (χ1v) is 6.31. The van der Waals surface area contributed by atoms with Gasteiger partial charge >= 0.3 is 6.18 Å². The van der Waals surface area contributed by atoms with Gasteiger partial charge in [-0.3, -0.25) is 4.90 Å². The van der Waals surface area contributed by atoms with Crippen LogP contribution in [-0.2, 0) is 6.54 Å². The summed E-state index contributed by atoms with van der Waals surface area (Å²) in [5.41, 5.74) is 1.10. The number of hydrogen-bond donors (Lipinski definition) is 0. The molecule has 0 heterocycles. The van der Waals surface area contributed by atoms with Gasteiger partial charge in [-0.15, -0.1) is 0 Å². The molecule has 0 atom stereocenters. The van der Waals surface area contributed by atoms with E-state index in [2.05, 4.69) is 0 Å². The fraction of sp³-hybridized carbons (Fsp3) is 0.500. The van der Waals surface area contributed by atoms with E-state index in [9.17, 15) is 13.2 Å². The summed E-state index contributed by atoms with van der Waals surface area (Å²) < 4.78 is 42.7. The summed E-state index contributed by atoms with van der Waals surface area (Å²) in [6.07, 6.45) is -2.58. The first-order chi connectivity index (χ1) is 9.43. The minimum atomic E-state index is -4.20. The van der Waals surface area contributed by atoms with E-state index in [0.717, 1.165) is 18.4 Å². The molecular formula is C14H15F3N2O. The number of benzene rings is 1. The predicted octanol–water partition coefficient (Wildman–Crippen LogP) is 3.09. The van der Waals surface area contributed by atoms with E-state index < -0.39 is 12.7 Å². The predicted molar refractivity (Wildman–Crippen MR) is 67.2 cm³/mol. The lowest BCUT2D eigenvalue weighted by atomic mass is 10.1. The molecule has 0 bridgehead atoms. The molecule has 6 heteroatoms. The monoisotopic (exact) mass is 284 g/mol. The Morgan fingerprint density at radius 3 is 2.60 bits per heavy atom. The molecule has 1 aliphatic rings. The Hall–Kier alpha value is -1.74. The largest absolute Gasteiger partial charge is 0.495 e. The SMILES string of the molecule is COc1cc(CN(CC(F)(F)F)C2CC2)ccc1C#N. The number of nitriles is 1. The first-order valence-electron chi connectivity index (χ1n) is 6.31. The maximum atomic E-state index is 12.6. The van der Waals surface area contributed by atoms with Crippen LogP contribution in [0.25, 0.3) is 0 Å². The van der Waals surface area contributed by atoms with Crippen molar-refractivity contribution in [2.45, 2.75) is 31.6 Å². The van der Waals surface area contributed by atoms with Crippen LogP contribution in [0.15, 0.2) is 18.2 Å². The molecule has 20 heavy (non-hydrogen) atoms. The number of hydrogen-bond acceptors (Lipinski definition) is 3. The second-order valence-electron chi connectivity index (χ2n) is 4.90. The number of methoxy groups -OCH3 is 1. The molecule has 0 aromatic heterocycles. The van der Waals surface area contributed by atoms with Gasteiger partial charge in [0.25, 0.3) is 0 Å². The Kier molecular flexibility index (Phi) is 4.19. The van der Waals surface area contributed by atoms with Gasteiger partial charge in [-0.2, -0.15) is 18.4 Å². The summed E-state index contributed by atoms with van der Waals surface area (Å²) in [4.78, 5) is 1.43. The summed E-state index contributed by atoms with van der Waals surface area (Å²) in [5.74, 6) is 0.396. The van der Waals surface area contributed by atoms with Crippen molar-refractivity contribution in [1.82, 2.24) is 4.90 Å². The molecule has 2 rings (SSSR count). The minimum absolute atomic E-state index is 0.0123. The summed E-state index contributed by atoms with van der Waals surface area (Å²) in [7, 11) is 1.44. The number of ether oxygens (including phenoxy) is 1. The number of halogens is 3. The topological polar surface area (TPSA) is 36.3 Å². The Morgan fingerprint density at radius 1 is 1.40 bits per heavy atom. The van der Waals surface area contributed by atoms with Gasteiger partial charge in [0.15, 0.2) is 0 Å². The first kappa shape index (κ1) is 14.7. The van der Waals surface area contributed by atoms with Crippen LogP contribution >= 0.6 is 0 Å². The Morgan fingerprint density at radius 2 is 2.10 bits per heavy atom. The van der Waals surface area contributed by atoms with Gasteiger partial charge in [0.2, 0.25) is 0 Å². The van der Waals surface area contributed by atoms with E-state index >= 15 is 0 Å². The fourth-order valence-corrected chi connectivity index (χ4v) is 2.14. The Bertz CT molecular complexity index is 518. The van der Waals surface area contributed by atoms with Crippen molar-refractivity contribution in [2.24, 2.45) is 0 Å². The van der Waals surface area contributed by atoms with Crippen molar-refractivity contribution < 1.29 is 17.9 Å². The molecule has 0 aliphatic heterocycles. The van der Waals surface area contributed by atoms with Crippen LogP contribution in [0.5, 0.6) is 5.75 Å². The Balaban J connectivity index is 2.13. The van der Waals surface area contributed by atoms with Crippen LogP contribution in [0.3, 0.4) is 0 Å². The maximum Gasteiger partial charge on any atom is 0.401 e. The van der Waals surface area contributed by atoms with E-state index in [4.69, 9.17) is 10.00 Å². The third kappa shape index (κ3) is 3.87. The molecule has 1 fully saturated rings. The highest BCUT2D eigenvalue weighted by Crippen LogP contribution is 2.32. The van der Waals surface area contributed by atoms with Gasteiger partial charge in [0, 0.05) is 12.6 Å². The average molecular weight is 284 g/mol. The summed E-state index contributed by atoms with van der Waals surface area (Å²) in [6, 6.07) is 6.87. The third-order valence-corrected chi connectivity index (χ3v) is 3.22. The molecule has 0 radical (unpaired) electrons. The number of nitrogens with zero attached hydrogens (tertiary/aromatic N) is 2. The number of rotatable bonds is 5. The van der Waals surface area contributed by atoms with Gasteiger partial charge in [-0.25, -0.2) is 0 Å². The van der Waals surface area contributed by atoms with Crippen LogP contribution < -0.4 is 4.74 Å². The zero-order valence-corrected chi connectivity index (χ0v) is 11.1. The van der Waals surface area contributed by atoms with E-state index in [-0.39, 0.29) is 12.6 Å². The van der Waals surface area contributed by atoms with Gasteiger partial charge in [-0.05, 0) is 30.5 Å². The van der Waals surface area contributed by atoms with Gasteiger partial charge < -0.3 is 4.74 Å². The Labute approximate surface area is 115 Å². The van der Waals surface area contributed by atoms with Gasteiger partial charge in [0.1, 0.15) is 11.8 Å². The highest BCUT2D eigenvalue weighted by atomic mass is 19.4. The van der Waals surface area contributed by atoms with Crippen LogP contribution in [0, 0.1) is 11.3 Å². The molecular weight excluding hydrogens is 269 g/mol. The van der Waals surface area contributed by atoms with Gasteiger partial charge in [0.05, 0.1) is 19.2 Å². The van der Waals surface area contributed by atoms with Crippen LogP contribution in [-0.4, -0.2) is 30.8 Å². The number of alkyl halides is 3. The third-order valence-electron chi connectivity index (χ3n) is 3.22. The average Bonchev–Trinajstić information content (AvgIpc) is 3.20. The van der Waals surface area contributed by atoms with Crippen molar-refractivity contribution >= 4 is 0 Å². The van der Waals surface area contributed by atoms with E-state index in [1.54, 1.807) is 18.2 Å². The lowest BCUT2D eigenvalue weighted by Gasteiger charge is -2.23. The molecule has 0 amide bonds. The van der Waals surface area contributed by atoms with Crippen molar-refractivity contribution in [3.05, 3.63) is 29.3 Å². The second kappa shape index (κ2) is 5.71. The van der Waals surface area contributed by atoms with Gasteiger partial charge in [-0.1, -0.05) is 6.07 Å². The van der Waals surface area contributed by atoms with Crippen molar-refractivity contribution in [3.63, 3.8) is 0 Å². The molecule has 1 aliphatic carbocycles. The van der Waals surface area contributed by atoms with Crippen molar-refractivity contribution in [2.75, 3.05) is 13.7 Å². The quantitative estimate of drug-likeness (QED) is 0.833. The molecule has 1 saturated carbocycles. The molecule has 3 nitrogen and oxygen atoms in total. The molecule has 0 unspecified atom stereocenters. The maximum absolute atomic E-state index is 12.6. The van der Waals surface area contributed by atoms with Crippen molar-refractivity contribution in [3.8, 4) is 11.8 Å². The zero-order valence-electron chi connectivity index (χ0n) is 11.1. The van der Waals surface area contributed by atoms with E-state index in [1.807, 2.05) is 6.07 Å². The van der Waals surface area contributed by atoms with Crippen LogP contribution in [0.1, 0.15) is 24.0 Å². The van der Waals surface area contributed by atoms with Crippen molar-refractivity contribution in [1.29, 1.82) is 5.26 Å². The normalized spacial score (nSPS) is 15.2. The smallest absolute Gasteiger partial charge is 0.401 e. The summed E-state index contributed by atoms with van der Waals surface area (Å²) in [5, 5.41) is 8.88.